The maximum atomic E-state index is 10.9. The lowest BCUT2D eigenvalue weighted by Crippen LogP contribution is -2.15. The molecule has 0 saturated heterocycles. The number of Topliss-reactive ketones (excluding diaryl/α,β-unsaturated/α-hetero) is 1. The molecule has 3 nitrogen and oxygen atoms in total. The average molecular weight is 278 g/mol. The summed E-state index contributed by atoms with van der Waals surface area (Å²) in [6, 6.07) is 4.89. The highest BCUT2D eigenvalue weighted by Crippen LogP contribution is 2.21. The highest BCUT2D eigenvalue weighted by Gasteiger charge is 2.13. The smallest absolute Gasteiger partial charge is 0.372 e. The first-order valence-corrected chi connectivity index (χ1v) is 4.88. The average Bonchev–Trinajstić information content (AvgIpc) is 2.11. The number of benzene rings is 1. The van der Waals surface area contributed by atoms with Gasteiger partial charge in [-0.05, 0) is 23.8 Å². The summed E-state index contributed by atoms with van der Waals surface area (Å²) in [6.07, 6.45) is -0.156. The van der Waals surface area contributed by atoms with Crippen molar-refractivity contribution in [3.63, 3.8) is 0 Å². The lowest BCUT2D eigenvalue weighted by Gasteiger charge is -2.01. The molecule has 0 saturated carbocycles. The zero-order chi connectivity index (χ0) is 10.7. The van der Waals surface area contributed by atoms with Gasteiger partial charge in [0.05, 0.1) is 0 Å². The molecule has 0 atom stereocenters. The van der Waals surface area contributed by atoms with Crippen LogP contribution in [0.5, 0.6) is 0 Å². The van der Waals surface area contributed by atoms with Gasteiger partial charge >= 0.3 is 5.97 Å². The summed E-state index contributed by atoms with van der Waals surface area (Å²) in [5.41, 5.74) is 0.574. The van der Waals surface area contributed by atoms with Crippen molar-refractivity contribution in [3.05, 3.63) is 33.3 Å². The Morgan fingerprint density at radius 3 is 2.64 bits per heavy atom. The Morgan fingerprint density at radius 2 is 2.07 bits per heavy atom. The quantitative estimate of drug-likeness (QED) is 0.863. The van der Waals surface area contributed by atoms with Crippen molar-refractivity contribution >= 4 is 39.3 Å². The summed E-state index contributed by atoms with van der Waals surface area (Å²) in [6.45, 7) is 0. The van der Waals surface area contributed by atoms with Crippen LogP contribution in [0.3, 0.4) is 0 Å². The molecule has 0 spiro atoms. The van der Waals surface area contributed by atoms with Crippen molar-refractivity contribution < 1.29 is 14.7 Å². The number of hydrogen-bond donors (Lipinski definition) is 1. The van der Waals surface area contributed by atoms with Crippen LogP contribution in [-0.4, -0.2) is 16.9 Å². The first-order chi connectivity index (χ1) is 6.50. The Hall–Kier alpha value is -0.870. The first-order valence-electron chi connectivity index (χ1n) is 3.70. The monoisotopic (exact) mass is 276 g/mol. The van der Waals surface area contributed by atoms with Gasteiger partial charge in [-0.3, -0.25) is 4.79 Å². The molecule has 0 radical (unpaired) electrons. The van der Waals surface area contributed by atoms with E-state index >= 15 is 0 Å². The van der Waals surface area contributed by atoms with E-state index in [1.54, 1.807) is 18.2 Å². The molecule has 0 bridgehead atoms. The normalized spacial score (nSPS) is 9.86. The molecule has 5 heteroatoms. The number of hydrogen-bond acceptors (Lipinski definition) is 2. The minimum atomic E-state index is -1.43. The van der Waals surface area contributed by atoms with Crippen LogP contribution >= 0.6 is 27.5 Å². The molecule has 0 aromatic heterocycles. The zero-order valence-corrected chi connectivity index (χ0v) is 9.30. The molecular formula is C9H6BrClO3. The van der Waals surface area contributed by atoms with Gasteiger partial charge in [0.1, 0.15) is 0 Å². The second-order valence-corrected chi connectivity index (χ2v) is 3.93. The molecule has 0 unspecified atom stereocenters. The van der Waals surface area contributed by atoms with Crippen LogP contribution in [0.2, 0.25) is 5.02 Å². The van der Waals surface area contributed by atoms with Crippen LogP contribution in [0.25, 0.3) is 0 Å². The van der Waals surface area contributed by atoms with Gasteiger partial charge < -0.3 is 5.11 Å². The summed E-state index contributed by atoms with van der Waals surface area (Å²) in [5, 5.41) is 8.88. The molecule has 0 aliphatic rings. The third-order valence-corrected chi connectivity index (χ3v) is 2.61. The number of carboxylic acids is 1. The minimum absolute atomic E-state index is 0.156. The van der Waals surface area contributed by atoms with E-state index in [1.165, 1.54) is 0 Å². The van der Waals surface area contributed by atoms with E-state index in [0.717, 1.165) is 0 Å². The van der Waals surface area contributed by atoms with Crippen LogP contribution in [0.4, 0.5) is 0 Å². The van der Waals surface area contributed by atoms with Crippen LogP contribution in [-0.2, 0) is 16.0 Å². The lowest BCUT2D eigenvalue weighted by atomic mass is 10.1. The number of aliphatic carboxylic acids is 1. The second kappa shape index (κ2) is 4.57. The number of rotatable bonds is 3. The van der Waals surface area contributed by atoms with Gasteiger partial charge in [0.2, 0.25) is 5.78 Å². The van der Waals surface area contributed by atoms with Gasteiger partial charge in [-0.25, -0.2) is 4.79 Å². The molecule has 14 heavy (non-hydrogen) atoms. The SMILES string of the molecule is O=C(O)C(=O)Cc1cc(Cl)ccc1Br. The summed E-state index contributed by atoms with van der Waals surface area (Å²) >= 11 is 8.90. The van der Waals surface area contributed by atoms with E-state index in [2.05, 4.69) is 15.9 Å². The van der Waals surface area contributed by atoms with E-state index in [9.17, 15) is 9.59 Å². The fourth-order valence-electron chi connectivity index (χ4n) is 0.927. The molecule has 74 valence electrons. The molecular weight excluding hydrogens is 271 g/mol. The first kappa shape index (κ1) is 11.2. The van der Waals surface area contributed by atoms with E-state index < -0.39 is 11.8 Å². The van der Waals surface area contributed by atoms with Gasteiger partial charge in [-0.15, -0.1) is 0 Å². The van der Waals surface area contributed by atoms with Crippen molar-refractivity contribution in [1.82, 2.24) is 0 Å². The summed E-state index contributed by atoms with van der Waals surface area (Å²) in [5.74, 6) is -2.29. The Labute approximate surface area is 93.8 Å². The van der Waals surface area contributed by atoms with E-state index in [0.29, 0.717) is 15.1 Å². The zero-order valence-electron chi connectivity index (χ0n) is 6.96. The van der Waals surface area contributed by atoms with Crippen molar-refractivity contribution in [1.29, 1.82) is 0 Å². The maximum Gasteiger partial charge on any atom is 0.372 e. The predicted molar refractivity (Wildman–Crippen MR) is 55.5 cm³/mol. The van der Waals surface area contributed by atoms with Gasteiger partial charge in [-0.2, -0.15) is 0 Å². The number of halogens is 2. The van der Waals surface area contributed by atoms with Gasteiger partial charge in [0.25, 0.3) is 0 Å². The van der Waals surface area contributed by atoms with Crippen molar-refractivity contribution in [3.8, 4) is 0 Å². The molecule has 0 amide bonds. The number of ketones is 1. The van der Waals surface area contributed by atoms with Gasteiger partial charge in [0, 0.05) is 15.9 Å². The third kappa shape index (κ3) is 2.82. The summed E-state index contributed by atoms with van der Waals surface area (Å²) < 4.78 is 0.677. The molecule has 0 aliphatic carbocycles. The maximum absolute atomic E-state index is 10.9. The number of carbonyl (C=O) groups is 2. The number of carbonyl (C=O) groups excluding carboxylic acids is 1. The predicted octanol–water partition coefficient (Wildman–Crippen LogP) is 2.30. The molecule has 1 aromatic carbocycles. The van der Waals surface area contributed by atoms with Crippen LogP contribution in [0.1, 0.15) is 5.56 Å². The van der Waals surface area contributed by atoms with Gasteiger partial charge in [-0.1, -0.05) is 27.5 Å². The van der Waals surface area contributed by atoms with Crippen LogP contribution in [0, 0.1) is 0 Å². The van der Waals surface area contributed by atoms with Crippen LogP contribution in [0.15, 0.2) is 22.7 Å². The van der Waals surface area contributed by atoms with Crippen LogP contribution < -0.4 is 0 Å². The van der Waals surface area contributed by atoms with E-state index in [4.69, 9.17) is 16.7 Å². The molecule has 0 fully saturated rings. The Balaban J connectivity index is 2.91. The summed E-state index contributed by atoms with van der Waals surface area (Å²) in [4.78, 5) is 21.2. The standard InChI is InChI=1S/C9H6BrClO3/c10-7-2-1-6(11)3-5(7)4-8(12)9(13)14/h1-3H,4H2,(H,13,14). The molecule has 0 heterocycles. The Morgan fingerprint density at radius 1 is 1.43 bits per heavy atom. The minimum Gasteiger partial charge on any atom is -0.475 e. The topological polar surface area (TPSA) is 54.4 Å². The van der Waals surface area contributed by atoms with Crippen molar-refractivity contribution in [2.24, 2.45) is 0 Å². The number of carboxylic acid groups (broad SMARTS) is 1. The molecule has 0 aliphatic heterocycles. The molecule has 1 N–H and O–H groups in total. The van der Waals surface area contributed by atoms with Crippen molar-refractivity contribution in [2.45, 2.75) is 6.42 Å². The highest BCUT2D eigenvalue weighted by molar-refractivity contribution is 9.10. The van der Waals surface area contributed by atoms with Gasteiger partial charge in [0.15, 0.2) is 0 Å². The fraction of sp³-hybridized carbons (Fsp3) is 0.111. The van der Waals surface area contributed by atoms with Crippen molar-refractivity contribution in [2.75, 3.05) is 0 Å². The Kier molecular flexibility index (Phi) is 3.66. The van der Waals surface area contributed by atoms with E-state index in [-0.39, 0.29) is 6.42 Å². The fourth-order valence-corrected chi connectivity index (χ4v) is 1.51. The lowest BCUT2D eigenvalue weighted by molar-refractivity contribution is -0.148. The second-order valence-electron chi connectivity index (χ2n) is 2.64. The highest BCUT2D eigenvalue weighted by atomic mass is 79.9. The Bertz CT molecular complexity index is 390. The van der Waals surface area contributed by atoms with E-state index in [1.807, 2.05) is 0 Å². The summed E-state index contributed by atoms with van der Waals surface area (Å²) in [7, 11) is 0. The largest absolute Gasteiger partial charge is 0.475 e. The third-order valence-electron chi connectivity index (χ3n) is 1.60. The molecule has 1 aromatic rings. The molecule has 1 rings (SSSR count).